The predicted molar refractivity (Wildman–Crippen MR) is 189 cm³/mol. The standard InChI is InChI=1S/C39H38Cl2N2O6/c1-27(25-40)37(39(46)48-26-29-11-5-2-6-12-29)43-34(24-36(43)45)42-35(44)23-33(41)47-22-21-28-17-19-32(20-18-28)49-38(30-13-7-3-8-14-30)31-15-9-4-10-16-31/h2-20,33-34,37-38H,1,21-26H2,(H,42,44). The van der Waals surface area contributed by atoms with Gasteiger partial charge in [-0.2, -0.15) is 0 Å². The number of carbonyl (C=O) groups excluding carboxylic acids is 3. The van der Waals surface area contributed by atoms with Crippen LogP contribution in [0, 0.1) is 0 Å². The third-order valence-electron chi connectivity index (χ3n) is 8.02. The highest BCUT2D eigenvalue weighted by molar-refractivity contribution is 6.21. The van der Waals surface area contributed by atoms with Crippen LogP contribution < -0.4 is 10.1 Å². The average Bonchev–Trinajstić information content (AvgIpc) is 3.13. The van der Waals surface area contributed by atoms with Gasteiger partial charge in [-0.15, -0.1) is 11.6 Å². The van der Waals surface area contributed by atoms with Gasteiger partial charge in [0.1, 0.15) is 30.2 Å². The van der Waals surface area contributed by atoms with Crippen LogP contribution in [-0.4, -0.2) is 52.9 Å². The Morgan fingerprint density at radius 1 is 0.857 bits per heavy atom. The second kappa shape index (κ2) is 17.7. The number of hydrogen-bond donors (Lipinski definition) is 1. The molecule has 1 N–H and O–H groups in total. The van der Waals surface area contributed by atoms with Crippen molar-refractivity contribution in [1.29, 1.82) is 0 Å². The number of halogens is 2. The molecule has 1 heterocycles. The van der Waals surface area contributed by atoms with Crippen molar-refractivity contribution < 1.29 is 28.6 Å². The molecule has 0 radical (unpaired) electrons. The average molecular weight is 702 g/mol. The van der Waals surface area contributed by atoms with Gasteiger partial charge in [0.15, 0.2) is 6.04 Å². The van der Waals surface area contributed by atoms with Gasteiger partial charge in [0.25, 0.3) is 0 Å². The molecule has 254 valence electrons. The Balaban J connectivity index is 1.08. The SMILES string of the molecule is C=C(CCl)C(C(=O)OCc1ccccc1)N1C(=O)CC1NC(=O)CC(Cl)OCCc1ccc(OC(c2ccccc2)c2ccccc2)cc1. The van der Waals surface area contributed by atoms with Crippen LogP contribution in [0.15, 0.2) is 127 Å². The summed E-state index contributed by atoms with van der Waals surface area (Å²) >= 11 is 12.3. The summed E-state index contributed by atoms with van der Waals surface area (Å²) in [6, 6.07) is 36.0. The van der Waals surface area contributed by atoms with Crippen molar-refractivity contribution >= 4 is 41.0 Å². The Labute approximate surface area is 296 Å². The Morgan fingerprint density at radius 3 is 2.02 bits per heavy atom. The third-order valence-corrected chi connectivity index (χ3v) is 8.64. The lowest BCUT2D eigenvalue weighted by Crippen LogP contribution is -2.66. The van der Waals surface area contributed by atoms with Crippen LogP contribution in [0.4, 0.5) is 0 Å². The van der Waals surface area contributed by atoms with Crippen LogP contribution in [0.1, 0.15) is 41.2 Å². The number of nitrogens with zero attached hydrogens (tertiary/aromatic N) is 1. The number of hydrogen-bond acceptors (Lipinski definition) is 6. The topological polar surface area (TPSA) is 94.2 Å². The van der Waals surface area contributed by atoms with Crippen molar-refractivity contribution in [2.24, 2.45) is 0 Å². The quantitative estimate of drug-likeness (QED) is 0.0555. The maximum atomic E-state index is 13.0. The van der Waals surface area contributed by atoms with Crippen molar-refractivity contribution in [1.82, 2.24) is 10.2 Å². The highest BCUT2D eigenvalue weighted by atomic mass is 35.5. The first-order valence-electron chi connectivity index (χ1n) is 16.0. The first-order chi connectivity index (χ1) is 23.8. The zero-order valence-electron chi connectivity index (χ0n) is 26.9. The fraction of sp³-hybridized carbons (Fsp3) is 0.256. The molecule has 4 aromatic carbocycles. The number of carbonyl (C=O) groups is 3. The van der Waals surface area contributed by atoms with Crippen molar-refractivity contribution in [3.05, 3.63) is 150 Å². The van der Waals surface area contributed by atoms with Crippen LogP contribution >= 0.6 is 23.2 Å². The number of esters is 1. The molecule has 1 aliphatic heterocycles. The van der Waals surface area contributed by atoms with Gasteiger partial charge in [0.05, 0.1) is 19.4 Å². The molecule has 1 saturated heterocycles. The molecule has 0 aliphatic carbocycles. The van der Waals surface area contributed by atoms with Crippen molar-refractivity contribution in [3.8, 4) is 5.75 Å². The number of β-lactam (4-membered cyclic amide) rings is 1. The first kappa shape index (κ1) is 35.7. The van der Waals surface area contributed by atoms with E-state index >= 15 is 0 Å². The molecule has 4 aromatic rings. The van der Waals surface area contributed by atoms with Crippen molar-refractivity contribution in [2.75, 3.05) is 12.5 Å². The van der Waals surface area contributed by atoms with E-state index in [4.69, 9.17) is 37.4 Å². The second-order valence-electron chi connectivity index (χ2n) is 11.6. The van der Waals surface area contributed by atoms with E-state index in [1.807, 2.05) is 115 Å². The van der Waals surface area contributed by atoms with Gasteiger partial charge in [-0.3, -0.25) is 9.59 Å². The molecule has 3 unspecified atom stereocenters. The molecule has 3 atom stereocenters. The highest BCUT2D eigenvalue weighted by Gasteiger charge is 2.46. The van der Waals surface area contributed by atoms with E-state index in [2.05, 4.69) is 11.9 Å². The van der Waals surface area contributed by atoms with E-state index in [0.29, 0.717) is 6.42 Å². The summed E-state index contributed by atoms with van der Waals surface area (Å²) in [5, 5.41) is 2.77. The van der Waals surface area contributed by atoms with Gasteiger partial charge in [-0.1, -0.05) is 121 Å². The summed E-state index contributed by atoms with van der Waals surface area (Å²) in [6.45, 7) is 4.18. The van der Waals surface area contributed by atoms with Gasteiger partial charge in [0.2, 0.25) is 11.8 Å². The lowest BCUT2D eigenvalue weighted by atomic mass is 10.00. The van der Waals surface area contributed by atoms with E-state index in [1.54, 1.807) is 0 Å². The van der Waals surface area contributed by atoms with Crippen LogP contribution in [0.5, 0.6) is 5.75 Å². The normalized spacial score (nSPS) is 15.2. The van der Waals surface area contributed by atoms with E-state index in [0.717, 1.165) is 28.0 Å². The minimum absolute atomic E-state index is 0.0226. The monoisotopic (exact) mass is 700 g/mol. The van der Waals surface area contributed by atoms with Gasteiger partial charge >= 0.3 is 5.97 Å². The smallest absolute Gasteiger partial charge is 0.333 e. The lowest BCUT2D eigenvalue weighted by molar-refractivity contribution is -0.166. The molecule has 2 amide bonds. The van der Waals surface area contributed by atoms with Gasteiger partial charge in [-0.25, -0.2) is 4.79 Å². The van der Waals surface area contributed by atoms with Crippen LogP contribution in [0.2, 0.25) is 0 Å². The summed E-state index contributed by atoms with van der Waals surface area (Å²) < 4.78 is 17.6. The zero-order valence-corrected chi connectivity index (χ0v) is 28.4. The summed E-state index contributed by atoms with van der Waals surface area (Å²) in [7, 11) is 0. The fourth-order valence-electron chi connectivity index (χ4n) is 5.44. The minimum atomic E-state index is -1.13. The molecule has 1 aliphatic rings. The molecule has 10 heteroatoms. The fourth-order valence-corrected chi connectivity index (χ4v) is 5.82. The molecular weight excluding hydrogens is 663 g/mol. The number of ether oxygens (including phenoxy) is 3. The molecular formula is C39H38Cl2N2O6. The highest BCUT2D eigenvalue weighted by Crippen LogP contribution is 2.29. The number of rotatable bonds is 17. The zero-order chi connectivity index (χ0) is 34.6. The largest absolute Gasteiger partial charge is 0.481 e. The molecule has 1 fully saturated rings. The number of nitrogens with one attached hydrogen (secondary N) is 1. The molecule has 5 rings (SSSR count). The first-order valence-corrected chi connectivity index (χ1v) is 17.0. The molecule has 49 heavy (non-hydrogen) atoms. The van der Waals surface area contributed by atoms with Crippen LogP contribution in [0.25, 0.3) is 0 Å². The molecule has 0 aromatic heterocycles. The van der Waals surface area contributed by atoms with Gasteiger partial charge in [0, 0.05) is 5.88 Å². The summed E-state index contributed by atoms with van der Waals surface area (Å²) in [5.41, 5.74) is 3.32. The molecule has 0 saturated carbocycles. The molecule has 8 nitrogen and oxygen atoms in total. The summed E-state index contributed by atoms with van der Waals surface area (Å²) in [6.07, 6.45) is -0.531. The molecule has 0 spiro atoms. The van der Waals surface area contributed by atoms with Gasteiger partial charge < -0.3 is 24.4 Å². The molecule has 0 bridgehead atoms. The number of amides is 2. The predicted octanol–water partition coefficient (Wildman–Crippen LogP) is 6.95. The van der Waals surface area contributed by atoms with E-state index < -0.39 is 29.6 Å². The Hall–Kier alpha value is -4.63. The third kappa shape index (κ3) is 9.95. The van der Waals surface area contributed by atoms with Crippen LogP contribution in [0.3, 0.4) is 0 Å². The summed E-state index contributed by atoms with van der Waals surface area (Å²) in [5.74, 6) is -0.761. The number of benzene rings is 4. The second-order valence-corrected chi connectivity index (χ2v) is 12.3. The maximum absolute atomic E-state index is 13.0. The van der Waals surface area contributed by atoms with Gasteiger partial charge in [-0.05, 0) is 46.4 Å². The lowest BCUT2D eigenvalue weighted by Gasteiger charge is -2.44. The van der Waals surface area contributed by atoms with E-state index in [-0.39, 0.29) is 49.5 Å². The minimum Gasteiger partial charge on any atom is -0.481 e. The van der Waals surface area contributed by atoms with Crippen molar-refractivity contribution in [3.63, 3.8) is 0 Å². The maximum Gasteiger partial charge on any atom is 0.333 e. The Kier molecular flexibility index (Phi) is 12.9. The van der Waals surface area contributed by atoms with Crippen LogP contribution in [-0.2, 0) is 36.9 Å². The Morgan fingerprint density at radius 2 is 1.45 bits per heavy atom. The number of alkyl halides is 2. The van der Waals surface area contributed by atoms with E-state index in [1.165, 1.54) is 4.90 Å². The number of likely N-dealkylation sites (tertiary alicyclic amines) is 1. The van der Waals surface area contributed by atoms with E-state index in [9.17, 15) is 14.4 Å². The Bertz CT molecular complexity index is 1650. The van der Waals surface area contributed by atoms with Crippen molar-refractivity contribution in [2.45, 2.75) is 49.7 Å². The summed E-state index contributed by atoms with van der Waals surface area (Å²) in [4.78, 5) is 39.7.